The molecule has 4 nitrogen and oxygen atoms in total. The van der Waals surface area contributed by atoms with Crippen LogP contribution in [0.5, 0.6) is 0 Å². The molecule has 1 atom stereocenters. The third-order valence-corrected chi connectivity index (χ3v) is 2.74. The first kappa shape index (κ1) is 14.5. The van der Waals surface area contributed by atoms with Crippen LogP contribution in [0.2, 0.25) is 0 Å². The van der Waals surface area contributed by atoms with Crippen molar-refractivity contribution < 1.29 is 9.53 Å². The van der Waals surface area contributed by atoms with Gasteiger partial charge in [-0.05, 0) is 18.4 Å². The summed E-state index contributed by atoms with van der Waals surface area (Å²) in [5.41, 5.74) is 6.14. The van der Waals surface area contributed by atoms with E-state index in [0.29, 0.717) is 19.1 Å². The number of hydrogen-bond donors (Lipinski definition) is 2. The lowest BCUT2D eigenvalue weighted by Crippen LogP contribution is -2.49. The molecule has 1 unspecified atom stereocenters. The van der Waals surface area contributed by atoms with Crippen LogP contribution in [-0.4, -0.2) is 19.2 Å². The number of benzene rings is 1. The van der Waals surface area contributed by atoms with Gasteiger partial charge in [0.15, 0.2) is 0 Å². The molecule has 1 rings (SSSR count). The van der Waals surface area contributed by atoms with Crippen LogP contribution in [0.25, 0.3) is 0 Å². The summed E-state index contributed by atoms with van der Waals surface area (Å²) in [5.74, 6) is 0.316. The molecule has 3 N–H and O–H groups in total. The second-order valence-electron chi connectivity index (χ2n) is 5.02. The number of carbonyl (C=O) groups is 1. The maximum Gasteiger partial charge on any atom is 0.407 e. The van der Waals surface area contributed by atoms with E-state index in [1.54, 1.807) is 0 Å². The highest BCUT2D eigenvalue weighted by molar-refractivity contribution is 5.68. The highest BCUT2D eigenvalue weighted by atomic mass is 16.5. The fourth-order valence-electron chi connectivity index (χ4n) is 1.55. The van der Waals surface area contributed by atoms with E-state index in [-0.39, 0.29) is 0 Å². The Morgan fingerprint density at radius 3 is 2.50 bits per heavy atom. The first-order valence-corrected chi connectivity index (χ1v) is 6.18. The van der Waals surface area contributed by atoms with Gasteiger partial charge in [-0.3, -0.25) is 0 Å². The van der Waals surface area contributed by atoms with Crippen LogP contribution in [0.4, 0.5) is 4.79 Å². The van der Waals surface area contributed by atoms with Gasteiger partial charge >= 0.3 is 6.09 Å². The van der Waals surface area contributed by atoms with Gasteiger partial charge in [0.2, 0.25) is 0 Å². The molecular formula is C14H22N2O2. The molecular weight excluding hydrogens is 228 g/mol. The first-order chi connectivity index (χ1) is 8.48. The molecule has 0 heterocycles. The Kier molecular flexibility index (Phi) is 5.16. The van der Waals surface area contributed by atoms with Crippen molar-refractivity contribution in [2.24, 2.45) is 11.7 Å². The van der Waals surface area contributed by atoms with Crippen molar-refractivity contribution in [2.45, 2.75) is 26.3 Å². The lowest BCUT2D eigenvalue weighted by Gasteiger charge is -2.29. The number of ether oxygens (including phenoxy) is 1. The van der Waals surface area contributed by atoms with Crippen molar-refractivity contribution in [1.82, 2.24) is 5.32 Å². The molecule has 18 heavy (non-hydrogen) atoms. The van der Waals surface area contributed by atoms with E-state index < -0.39 is 11.6 Å². The zero-order valence-corrected chi connectivity index (χ0v) is 11.3. The Balaban J connectivity index is 2.69. The quantitative estimate of drug-likeness (QED) is 0.842. The standard InChI is InChI=1S/C14H22N2O2/c1-11(2)9-18-13(17)16-14(3,10-15)12-7-5-4-6-8-12/h4-8,11H,9-10,15H2,1-3H3,(H,16,17). The van der Waals surface area contributed by atoms with Gasteiger partial charge in [0.05, 0.1) is 12.1 Å². The Morgan fingerprint density at radius 2 is 2.00 bits per heavy atom. The average Bonchev–Trinajstić information content (AvgIpc) is 2.37. The Labute approximate surface area is 109 Å². The van der Waals surface area contributed by atoms with Crippen molar-refractivity contribution in [3.8, 4) is 0 Å². The first-order valence-electron chi connectivity index (χ1n) is 6.18. The van der Waals surface area contributed by atoms with E-state index in [0.717, 1.165) is 5.56 Å². The molecule has 0 saturated heterocycles. The third-order valence-electron chi connectivity index (χ3n) is 2.74. The minimum absolute atomic E-state index is 0.313. The number of rotatable bonds is 5. The number of carbonyl (C=O) groups excluding carboxylic acids is 1. The van der Waals surface area contributed by atoms with E-state index >= 15 is 0 Å². The largest absolute Gasteiger partial charge is 0.449 e. The molecule has 0 spiro atoms. The molecule has 0 radical (unpaired) electrons. The van der Waals surface area contributed by atoms with Crippen molar-refractivity contribution in [3.05, 3.63) is 35.9 Å². The van der Waals surface area contributed by atoms with Crippen LogP contribution < -0.4 is 11.1 Å². The normalized spacial score (nSPS) is 14.1. The van der Waals surface area contributed by atoms with Crippen molar-refractivity contribution in [3.63, 3.8) is 0 Å². The number of alkyl carbamates (subject to hydrolysis) is 1. The summed E-state index contributed by atoms with van der Waals surface area (Å²) in [4.78, 5) is 11.7. The van der Waals surface area contributed by atoms with Crippen LogP contribution in [0.1, 0.15) is 26.3 Å². The molecule has 0 aliphatic carbocycles. The van der Waals surface area contributed by atoms with E-state index in [9.17, 15) is 4.79 Å². The van der Waals surface area contributed by atoms with Crippen LogP contribution in [0.3, 0.4) is 0 Å². The Bertz CT molecular complexity index is 379. The topological polar surface area (TPSA) is 64.3 Å². The molecule has 1 aromatic rings. The summed E-state index contributed by atoms with van der Waals surface area (Å²) in [6, 6.07) is 9.65. The van der Waals surface area contributed by atoms with E-state index in [1.165, 1.54) is 0 Å². The fraction of sp³-hybridized carbons (Fsp3) is 0.500. The Morgan fingerprint density at radius 1 is 1.39 bits per heavy atom. The van der Waals surface area contributed by atoms with Crippen LogP contribution in [-0.2, 0) is 10.3 Å². The van der Waals surface area contributed by atoms with Gasteiger partial charge in [-0.2, -0.15) is 0 Å². The van der Waals surface area contributed by atoms with E-state index in [4.69, 9.17) is 10.5 Å². The SMILES string of the molecule is CC(C)COC(=O)NC(C)(CN)c1ccccc1. The molecule has 0 aliphatic rings. The number of amides is 1. The van der Waals surface area contributed by atoms with Crippen molar-refractivity contribution >= 4 is 6.09 Å². The van der Waals surface area contributed by atoms with Gasteiger partial charge in [-0.15, -0.1) is 0 Å². The summed E-state index contributed by atoms with van der Waals surface area (Å²) in [7, 11) is 0. The summed E-state index contributed by atoms with van der Waals surface area (Å²) >= 11 is 0. The number of nitrogens with two attached hydrogens (primary N) is 1. The van der Waals surface area contributed by atoms with Crippen LogP contribution >= 0.6 is 0 Å². The highest BCUT2D eigenvalue weighted by Gasteiger charge is 2.27. The molecule has 0 fully saturated rings. The minimum Gasteiger partial charge on any atom is -0.449 e. The second-order valence-corrected chi connectivity index (χ2v) is 5.02. The summed E-state index contributed by atoms with van der Waals surface area (Å²) in [5, 5.41) is 2.83. The summed E-state index contributed by atoms with van der Waals surface area (Å²) < 4.78 is 5.12. The second kappa shape index (κ2) is 6.40. The lowest BCUT2D eigenvalue weighted by atomic mass is 9.92. The molecule has 0 aliphatic heterocycles. The summed E-state index contributed by atoms with van der Waals surface area (Å²) in [6.45, 7) is 6.59. The van der Waals surface area contributed by atoms with Crippen molar-refractivity contribution in [2.75, 3.05) is 13.2 Å². The molecule has 4 heteroatoms. The molecule has 0 aromatic heterocycles. The van der Waals surface area contributed by atoms with Crippen LogP contribution in [0.15, 0.2) is 30.3 Å². The average molecular weight is 250 g/mol. The highest BCUT2D eigenvalue weighted by Crippen LogP contribution is 2.19. The minimum atomic E-state index is -0.602. The van der Waals surface area contributed by atoms with Gasteiger partial charge < -0.3 is 15.8 Å². The zero-order chi connectivity index (χ0) is 13.6. The van der Waals surface area contributed by atoms with E-state index in [1.807, 2.05) is 51.1 Å². The molecule has 0 bridgehead atoms. The number of nitrogens with one attached hydrogen (secondary N) is 1. The zero-order valence-electron chi connectivity index (χ0n) is 11.3. The van der Waals surface area contributed by atoms with Gasteiger partial charge in [0.25, 0.3) is 0 Å². The third kappa shape index (κ3) is 4.04. The Hall–Kier alpha value is -1.55. The molecule has 100 valence electrons. The predicted molar refractivity (Wildman–Crippen MR) is 72.2 cm³/mol. The van der Waals surface area contributed by atoms with Gasteiger partial charge in [-0.1, -0.05) is 44.2 Å². The van der Waals surface area contributed by atoms with E-state index in [2.05, 4.69) is 5.32 Å². The van der Waals surface area contributed by atoms with Crippen molar-refractivity contribution in [1.29, 1.82) is 0 Å². The predicted octanol–water partition coefficient (Wildman–Crippen LogP) is 2.24. The van der Waals surface area contributed by atoms with Gasteiger partial charge in [0, 0.05) is 6.54 Å². The monoisotopic (exact) mass is 250 g/mol. The lowest BCUT2D eigenvalue weighted by molar-refractivity contribution is 0.122. The molecule has 1 amide bonds. The smallest absolute Gasteiger partial charge is 0.407 e. The maximum absolute atomic E-state index is 11.7. The van der Waals surface area contributed by atoms with Gasteiger partial charge in [-0.25, -0.2) is 4.79 Å². The fourth-order valence-corrected chi connectivity index (χ4v) is 1.55. The molecule has 0 saturated carbocycles. The van der Waals surface area contributed by atoms with Crippen LogP contribution in [0, 0.1) is 5.92 Å². The maximum atomic E-state index is 11.7. The summed E-state index contributed by atoms with van der Waals surface area (Å²) in [6.07, 6.45) is -0.430. The molecule has 1 aromatic carbocycles. The number of hydrogen-bond acceptors (Lipinski definition) is 3. The van der Waals surface area contributed by atoms with Gasteiger partial charge in [0.1, 0.15) is 0 Å².